The molecule has 1 nitrogen and oxygen atoms in total. The second kappa shape index (κ2) is 3.02. The lowest BCUT2D eigenvalue weighted by Gasteiger charge is -2.46. The van der Waals surface area contributed by atoms with Crippen LogP contribution < -0.4 is 0 Å². The first kappa shape index (κ1) is 10.0. The average Bonchev–Trinajstić information content (AvgIpc) is 1.93. The van der Waals surface area contributed by atoms with Crippen molar-refractivity contribution >= 4 is 0 Å². The Morgan fingerprint density at radius 2 is 1.58 bits per heavy atom. The van der Waals surface area contributed by atoms with Gasteiger partial charge in [-0.2, -0.15) is 0 Å². The topological polar surface area (TPSA) is 20.2 Å². The summed E-state index contributed by atoms with van der Waals surface area (Å²) in [4.78, 5) is 0. The van der Waals surface area contributed by atoms with Gasteiger partial charge in [-0.15, -0.1) is 0 Å². The Bertz CT molecular complexity index is 147. The van der Waals surface area contributed by atoms with E-state index in [1.54, 1.807) is 0 Å². The standard InChI is InChI=1S/C11H22O/c1-10(2,3)11(4)7-5-9(12)6-8-11/h9,12H,5-8H2,1-4H3/t9-,11+. The normalized spacial score (nSPS) is 38.2. The highest BCUT2D eigenvalue weighted by Crippen LogP contribution is 2.48. The van der Waals surface area contributed by atoms with E-state index in [1.807, 2.05) is 0 Å². The Morgan fingerprint density at radius 1 is 1.17 bits per heavy atom. The van der Waals surface area contributed by atoms with Crippen molar-refractivity contribution in [1.29, 1.82) is 0 Å². The van der Waals surface area contributed by atoms with Gasteiger partial charge in [0.05, 0.1) is 6.10 Å². The summed E-state index contributed by atoms with van der Waals surface area (Å²) in [5.41, 5.74) is 0.819. The van der Waals surface area contributed by atoms with E-state index in [1.165, 1.54) is 12.8 Å². The number of aliphatic hydroxyl groups excluding tert-OH is 1. The van der Waals surface area contributed by atoms with Gasteiger partial charge in [0.25, 0.3) is 0 Å². The molecule has 1 heteroatoms. The van der Waals surface area contributed by atoms with E-state index >= 15 is 0 Å². The quantitative estimate of drug-likeness (QED) is 0.592. The average molecular weight is 170 g/mol. The van der Waals surface area contributed by atoms with Crippen molar-refractivity contribution in [1.82, 2.24) is 0 Å². The van der Waals surface area contributed by atoms with E-state index in [-0.39, 0.29) is 6.10 Å². The smallest absolute Gasteiger partial charge is 0.0540 e. The van der Waals surface area contributed by atoms with Gasteiger partial charge < -0.3 is 5.11 Å². The van der Waals surface area contributed by atoms with E-state index in [4.69, 9.17) is 0 Å². The third-order valence-corrected chi connectivity index (χ3v) is 3.87. The fourth-order valence-corrected chi connectivity index (χ4v) is 1.99. The summed E-state index contributed by atoms with van der Waals surface area (Å²) in [6.07, 6.45) is 4.32. The molecule has 1 aliphatic rings. The molecule has 1 N–H and O–H groups in total. The van der Waals surface area contributed by atoms with Crippen LogP contribution in [0.4, 0.5) is 0 Å². The van der Waals surface area contributed by atoms with Crippen LogP contribution in [0.2, 0.25) is 0 Å². The van der Waals surface area contributed by atoms with Gasteiger partial charge in [-0.1, -0.05) is 27.7 Å². The summed E-state index contributed by atoms with van der Waals surface area (Å²) in [6, 6.07) is 0. The molecular formula is C11H22O. The van der Waals surface area contributed by atoms with Crippen molar-refractivity contribution in [2.24, 2.45) is 10.8 Å². The van der Waals surface area contributed by atoms with Crippen LogP contribution in [0.25, 0.3) is 0 Å². The van der Waals surface area contributed by atoms with Crippen molar-refractivity contribution < 1.29 is 5.11 Å². The molecule has 0 bridgehead atoms. The van der Waals surface area contributed by atoms with Crippen LogP contribution >= 0.6 is 0 Å². The number of aliphatic hydroxyl groups is 1. The number of hydrogen-bond donors (Lipinski definition) is 1. The Kier molecular flexibility index (Phi) is 2.53. The van der Waals surface area contributed by atoms with Crippen molar-refractivity contribution in [3.8, 4) is 0 Å². The van der Waals surface area contributed by atoms with Crippen LogP contribution in [-0.2, 0) is 0 Å². The van der Waals surface area contributed by atoms with Gasteiger partial charge >= 0.3 is 0 Å². The van der Waals surface area contributed by atoms with Crippen molar-refractivity contribution in [2.75, 3.05) is 0 Å². The second-order valence-electron chi connectivity index (χ2n) is 5.54. The maximum absolute atomic E-state index is 9.41. The van der Waals surface area contributed by atoms with Crippen molar-refractivity contribution in [3.63, 3.8) is 0 Å². The zero-order valence-electron chi connectivity index (χ0n) is 8.85. The van der Waals surface area contributed by atoms with Crippen LogP contribution in [0.3, 0.4) is 0 Å². The SMILES string of the molecule is CC(C)(C)[C@]1(C)CC[C@H](O)CC1. The Labute approximate surface area is 76.2 Å². The Balaban J connectivity index is 2.62. The number of hydrogen-bond acceptors (Lipinski definition) is 1. The molecule has 1 saturated carbocycles. The molecule has 0 aromatic rings. The molecular weight excluding hydrogens is 148 g/mol. The lowest BCUT2D eigenvalue weighted by molar-refractivity contribution is 0.00527. The molecule has 0 amide bonds. The molecule has 0 unspecified atom stereocenters. The fourth-order valence-electron chi connectivity index (χ4n) is 1.99. The van der Waals surface area contributed by atoms with E-state index in [0.29, 0.717) is 10.8 Å². The Morgan fingerprint density at radius 3 is 1.92 bits per heavy atom. The molecule has 0 radical (unpaired) electrons. The van der Waals surface area contributed by atoms with Crippen LogP contribution in [0.5, 0.6) is 0 Å². The summed E-state index contributed by atoms with van der Waals surface area (Å²) in [5, 5.41) is 9.41. The molecule has 0 aliphatic heterocycles. The van der Waals surface area contributed by atoms with Crippen molar-refractivity contribution in [2.45, 2.75) is 59.5 Å². The monoisotopic (exact) mass is 170 g/mol. The first-order chi connectivity index (χ1) is 5.35. The molecule has 0 atom stereocenters. The van der Waals surface area contributed by atoms with Gasteiger partial charge in [-0.05, 0) is 36.5 Å². The summed E-state index contributed by atoms with van der Waals surface area (Å²) < 4.78 is 0. The predicted octanol–water partition coefficient (Wildman–Crippen LogP) is 2.97. The highest BCUT2D eigenvalue weighted by molar-refractivity contribution is 4.90. The first-order valence-electron chi connectivity index (χ1n) is 5.03. The summed E-state index contributed by atoms with van der Waals surface area (Å²) >= 11 is 0. The molecule has 1 fully saturated rings. The first-order valence-corrected chi connectivity index (χ1v) is 5.03. The fraction of sp³-hybridized carbons (Fsp3) is 1.00. The van der Waals surface area contributed by atoms with Crippen LogP contribution in [0.1, 0.15) is 53.4 Å². The van der Waals surface area contributed by atoms with Crippen molar-refractivity contribution in [3.05, 3.63) is 0 Å². The van der Waals surface area contributed by atoms with Gasteiger partial charge in [0.2, 0.25) is 0 Å². The van der Waals surface area contributed by atoms with E-state index < -0.39 is 0 Å². The molecule has 0 aromatic carbocycles. The van der Waals surface area contributed by atoms with Crippen LogP contribution in [-0.4, -0.2) is 11.2 Å². The van der Waals surface area contributed by atoms with Crippen LogP contribution in [0.15, 0.2) is 0 Å². The molecule has 72 valence electrons. The third kappa shape index (κ3) is 1.82. The highest BCUT2D eigenvalue weighted by atomic mass is 16.3. The second-order valence-corrected chi connectivity index (χ2v) is 5.54. The van der Waals surface area contributed by atoms with Gasteiger partial charge in [0.15, 0.2) is 0 Å². The molecule has 1 rings (SSSR count). The lowest BCUT2D eigenvalue weighted by atomic mass is 9.60. The molecule has 12 heavy (non-hydrogen) atoms. The molecule has 0 aromatic heterocycles. The molecule has 1 aliphatic carbocycles. The minimum absolute atomic E-state index is 0.0274. The van der Waals surface area contributed by atoms with E-state index in [2.05, 4.69) is 27.7 Å². The summed E-state index contributed by atoms with van der Waals surface area (Å²) in [5.74, 6) is 0. The zero-order chi connectivity index (χ0) is 9.41. The molecule has 0 spiro atoms. The van der Waals surface area contributed by atoms with Gasteiger partial charge in [-0.25, -0.2) is 0 Å². The summed E-state index contributed by atoms with van der Waals surface area (Å²) in [7, 11) is 0. The summed E-state index contributed by atoms with van der Waals surface area (Å²) in [6.45, 7) is 9.29. The van der Waals surface area contributed by atoms with Crippen LogP contribution in [0, 0.1) is 10.8 Å². The van der Waals surface area contributed by atoms with E-state index in [0.717, 1.165) is 12.8 Å². The third-order valence-electron chi connectivity index (χ3n) is 3.87. The lowest BCUT2D eigenvalue weighted by Crippen LogP contribution is -2.37. The maximum Gasteiger partial charge on any atom is 0.0540 e. The zero-order valence-corrected chi connectivity index (χ0v) is 8.85. The van der Waals surface area contributed by atoms with E-state index in [9.17, 15) is 5.11 Å². The van der Waals surface area contributed by atoms with Gasteiger partial charge in [-0.3, -0.25) is 0 Å². The molecule has 0 saturated heterocycles. The maximum atomic E-state index is 9.41. The largest absolute Gasteiger partial charge is 0.393 e. The predicted molar refractivity (Wildman–Crippen MR) is 52.0 cm³/mol. The highest BCUT2D eigenvalue weighted by Gasteiger charge is 2.39. The Hall–Kier alpha value is -0.0400. The minimum Gasteiger partial charge on any atom is -0.393 e. The van der Waals surface area contributed by atoms with Gasteiger partial charge in [0, 0.05) is 0 Å². The molecule has 0 heterocycles. The number of rotatable bonds is 0. The minimum atomic E-state index is -0.0274. The van der Waals surface area contributed by atoms with Gasteiger partial charge in [0.1, 0.15) is 0 Å².